The van der Waals surface area contributed by atoms with E-state index in [4.69, 9.17) is 4.52 Å². The molecule has 0 aliphatic carbocycles. The van der Waals surface area contributed by atoms with Crippen molar-refractivity contribution in [1.29, 1.82) is 0 Å². The van der Waals surface area contributed by atoms with Gasteiger partial charge in [0.05, 0.1) is 17.0 Å². The van der Waals surface area contributed by atoms with Crippen molar-refractivity contribution in [3.8, 4) is 0 Å². The lowest BCUT2D eigenvalue weighted by molar-refractivity contribution is -0.120. The lowest BCUT2D eigenvalue weighted by atomic mass is 10.1. The van der Waals surface area contributed by atoms with Gasteiger partial charge in [-0.1, -0.05) is 23.4 Å². The van der Waals surface area contributed by atoms with Gasteiger partial charge >= 0.3 is 0 Å². The lowest BCUT2D eigenvalue weighted by Crippen LogP contribution is -2.41. The van der Waals surface area contributed by atoms with Crippen LogP contribution in [0.4, 0.5) is 0 Å². The van der Waals surface area contributed by atoms with Crippen molar-refractivity contribution in [2.24, 2.45) is 0 Å². The number of nitrogens with one attached hydrogen (secondary N) is 2. The summed E-state index contributed by atoms with van der Waals surface area (Å²) in [6.07, 6.45) is 0.135. The number of carbonyl (C=O) groups is 1. The van der Waals surface area contributed by atoms with Crippen LogP contribution in [0.3, 0.4) is 0 Å². The molecule has 0 aliphatic heterocycles. The van der Waals surface area contributed by atoms with Crippen LogP contribution in [-0.4, -0.2) is 25.0 Å². The molecule has 0 fully saturated rings. The minimum atomic E-state index is -3.69. The second kappa shape index (κ2) is 7.59. The highest BCUT2D eigenvalue weighted by molar-refractivity contribution is 7.89. The molecule has 0 unspecified atom stereocenters. The SMILES string of the molecule is Cc1noc(C)c1CC(=O)NCc1ccccc1S(=O)(=O)NC(C)(C)C. The van der Waals surface area contributed by atoms with Gasteiger partial charge in [-0.05, 0) is 46.2 Å². The number of hydrogen-bond acceptors (Lipinski definition) is 5. The van der Waals surface area contributed by atoms with Crippen LogP contribution in [0, 0.1) is 13.8 Å². The van der Waals surface area contributed by atoms with Crippen molar-refractivity contribution < 1.29 is 17.7 Å². The molecule has 0 saturated carbocycles. The van der Waals surface area contributed by atoms with Crippen LogP contribution in [0.5, 0.6) is 0 Å². The predicted octanol–water partition coefficient (Wildman–Crippen LogP) is 2.23. The Labute approximate surface area is 154 Å². The van der Waals surface area contributed by atoms with Crippen molar-refractivity contribution >= 4 is 15.9 Å². The number of carbonyl (C=O) groups excluding carboxylic acids is 1. The Morgan fingerprint density at radius 3 is 2.42 bits per heavy atom. The zero-order chi connectivity index (χ0) is 19.5. The molecule has 0 aliphatic rings. The summed E-state index contributed by atoms with van der Waals surface area (Å²) in [5, 5.41) is 6.59. The smallest absolute Gasteiger partial charge is 0.241 e. The minimum Gasteiger partial charge on any atom is -0.361 e. The fourth-order valence-corrected chi connectivity index (χ4v) is 4.20. The number of rotatable bonds is 6. The average molecular weight is 379 g/mol. The number of amides is 1. The van der Waals surface area contributed by atoms with Crippen molar-refractivity contribution in [3.05, 3.63) is 46.8 Å². The molecule has 7 nitrogen and oxygen atoms in total. The van der Waals surface area contributed by atoms with Crippen LogP contribution in [0.25, 0.3) is 0 Å². The Bertz CT molecular complexity index is 876. The summed E-state index contributed by atoms with van der Waals surface area (Å²) < 4.78 is 32.9. The highest BCUT2D eigenvalue weighted by Crippen LogP contribution is 2.18. The number of aryl methyl sites for hydroxylation is 2. The highest BCUT2D eigenvalue weighted by atomic mass is 32.2. The van der Waals surface area contributed by atoms with Crippen LogP contribution in [0.15, 0.2) is 33.7 Å². The van der Waals surface area contributed by atoms with Crippen LogP contribution in [0.1, 0.15) is 43.4 Å². The van der Waals surface area contributed by atoms with E-state index in [1.165, 1.54) is 6.07 Å². The predicted molar refractivity (Wildman–Crippen MR) is 98.0 cm³/mol. The maximum absolute atomic E-state index is 12.6. The Morgan fingerprint density at radius 1 is 1.19 bits per heavy atom. The van der Waals surface area contributed by atoms with E-state index in [1.807, 2.05) is 0 Å². The third-order valence-corrected chi connectivity index (χ3v) is 5.56. The first-order valence-corrected chi connectivity index (χ1v) is 9.78. The highest BCUT2D eigenvalue weighted by Gasteiger charge is 2.24. The molecule has 1 aromatic heterocycles. The Hall–Kier alpha value is -2.19. The molecule has 2 rings (SSSR count). The first-order chi connectivity index (χ1) is 12.0. The summed E-state index contributed by atoms with van der Waals surface area (Å²) in [5.41, 5.74) is 1.35. The molecule has 0 bridgehead atoms. The van der Waals surface area contributed by atoms with Gasteiger partial charge in [-0.3, -0.25) is 4.79 Å². The number of benzene rings is 1. The summed E-state index contributed by atoms with van der Waals surface area (Å²) in [7, 11) is -3.69. The molecule has 142 valence electrons. The number of sulfonamides is 1. The van der Waals surface area contributed by atoms with E-state index in [0.717, 1.165) is 5.56 Å². The number of aromatic nitrogens is 1. The van der Waals surface area contributed by atoms with Crippen molar-refractivity contribution in [3.63, 3.8) is 0 Å². The topological polar surface area (TPSA) is 101 Å². The van der Waals surface area contributed by atoms with Gasteiger partial charge in [0.15, 0.2) is 0 Å². The van der Waals surface area contributed by atoms with Crippen molar-refractivity contribution in [2.75, 3.05) is 0 Å². The molecule has 0 spiro atoms. The van der Waals surface area contributed by atoms with Crippen molar-refractivity contribution in [2.45, 2.75) is 58.0 Å². The van der Waals surface area contributed by atoms with Crippen LogP contribution < -0.4 is 10.0 Å². The summed E-state index contributed by atoms with van der Waals surface area (Å²) >= 11 is 0. The molecule has 1 heterocycles. The zero-order valence-electron chi connectivity index (χ0n) is 15.7. The van der Waals surface area contributed by atoms with Crippen LogP contribution in [0.2, 0.25) is 0 Å². The van der Waals surface area contributed by atoms with E-state index in [1.54, 1.807) is 52.8 Å². The van der Waals surface area contributed by atoms with E-state index >= 15 is 0 Å². The second-order valence-electron chi connectivity index (χ2n) is 7.22. The summed E-state index contributed by atoms with van der Waals surface area (Å²) in [6, 6.07) is 6.62. The first-order valence-electron chi connectivity index (χ1n) is 8.30. The fourth-order valence-electron chi connectivity index (χ4n) is 2.54. The molecule has 2 N–H and O–H groups in total. The molecule has 2 aromatic rings. The lowest BCUT2D eigenvalue weighted by Gasteiger charge is -2.21. The van der Waals surface area contributed by atoms with Crippen molar-refractivity contribution in [1.82, 2.24) is 15.2 Å². The molecule has 26 heavy (non-hydrogen) atoms. The number of hydrogen-bond donors (Lipinski definition) is 2. The van der Waals surface area contributed by atoms with Crippen LogP contribution in [-0.2, 0) is 27.8 Å². The van der Waals surface area contributed by atoms with E-state index < -0.39 is 15.6 Å². The van der Waals surface area contributed by atoms with E-state index in [9.17, 15) is 13.2 Å². The Morgan fingerprint density at radius 2 is 1.85 bits per heavy atom. The Kier molecular flexibility index (Phi) is 5.87. The van der Waals surface area contributed by atoms with E-state index in [0.29, 0.717) is 17.0 Å². The largest absolute Gasteiger partial charge is 0.361 e. The van der Waals surface area contributed by atoms with Gasteiger partial charge in [0.1, 0.15) is 5.76 Å². The van der Waals surface area contributed by atoms with Gasteiger partial charge < -0.3 is 9.84 Å². The average Bonchev–Trinajstić information content (AvgIpc) is 2.83. The molecule has 1 amide bonds. The third-order valence-electron chi connectivity index (χ3n) is 3.70. The van der Waals surface area contributed by atoms with E-state index in [2.05, 4.69) is 15.2 Å². The molecule has 8 heteroatoms. The molecular weight excluding hydrogens is 354 g/mol. The second-order valence-corrected chi connectivity index (χ2v) is 8.87. The zero-order valence-corrected chi connectivity index (χ0v) is 16.5. The molecular formula is C18H25N3O4S. The molecule has 0 atom stereocenters. The molecule has 0 saturated heterocycles. The van der Waals surface area contributed by atoms with Gasteiger partial charge in [-0.25, -0.2) is 13.1 Å². The normalized spacial score (nSPS) is 12.2. The monoisotopic (exact) mass is 379 g/mol. The van der Waals surface area contributed by atoms with Crippen LogP contribution >= 0.6 is 0 Å². The summed E-state index contributed by atoms with van der Waals surface area (Å²) in [5.74, 6) is 0.380. The van der Waals surface area contributed by atoms with E-state index in [-0.39, 0.29) is 23.8 Å². The Balaban J connectivity index is 2.12. The summed E-state index contributed by atoms with van der Waals surface area (Å²) in [6.45, 7) is 8.97. The maximum Gasteiger partial charge on any atom is 0.241 e. The van der Waals surface area contributed by atoms with Gasteiger partial charge in [0, 0.05) is 17.6 Å². The van der Waals surface area contributed by atoms with Gasteiger partial charge in [-0.15, -0.1) is 0 Å². The molecule has 0 radical (unpaired) electrons. The first kappa shape index (κ1) is 20.1. The minimum absolute atomic E-state index is 0.115. The maximum atomic E-state index is 12.6. The fraction of sp³-hybridized carbons (Fsp3) is 0.444. The third kappa shape index (κ3) is 5.15. The standard InChI is InChI=1S/C18H25N3O4S/c1-12-15(13(2)25-20-12)10-17(22)19-11-14-8-6-7-9-16(14)26(23,24)21-18(3,4)5/h6-9,21H,10-11H2,1-5H3,(H,19,22). The summed E-state index contributed by atoms with van der Waals surface area (Å²) in [4.78, 5) is 12.4. The van der Waals surface area contributed by atoms with Gasteiger partial charge in [0.2, 0.25) is 15.9 Å². The number of nitrogens with zero attached hydrogens (tertiary/aromatic N) is 1. The van der Waals surface area contributed by atoms with Gasteiger partial charge in [-0.2, -0.15) is 0 Å². The molecule has 1 aromatic carbocycles. The van der Waals surface area contributed by atoms with Gasteiger partial charge in [0.25, 0.3) is 0 Å². The quantitative estimate of drug-likeness (QED) is 0.801.